The molecular weight excluding hydrogens is 297 g/mol. The van der Waals surface area contributed by atoms with Crippen molar-refractivity contribution in [2.75, 3.05) is 40.3 Å². The lowest BCUT2D eigenvalue weighted by Gasteiger charge is -2.36. The smallest absolute Gasteiger partial charge is 0.244 e. The number of nitrogens with one attached hydrogen (secondary N) is 1. The first-order valence-corrected chi connectivity index (χ1v) is 7.38. The molecule has 0 radical (unpaired) electrons. The number of carbonyl (C=O) groups excluding carboxylic acids is 1. The second kappa shape index (κ2) is 6.76. The van der Waals surface area contributed by atoms with Crippen LogP contribution in [0.1, 0.15) is 11.6 Å². The second-order valence-corrected chi connectivity index (χ2v) is 5.87. The van der Waals surface area contributed by atoms with E-state index in [9.17, 15) is 4.79 Å². The van der Waals surface area contributed by atoms with Gasteiger partial charge in [0.15, 0.2) is 0 Å². The van der Waals surface area contributed by atoms with Crippen LogP contribution in [0.15, 0.2) is 18.2 Å². The number of hydrogen-bond donors (Lipinski definition) is 1. The molecular formula is C14H19Cl2N3O. The molecule has 1 aliphatic rings. The molecule has 1 unspecified atom stereocenters. The van der Waals surface area contributed by atoms with Crippen LogP contribution in [-0.2, 0) is 4.79 Å². The Hall–Kier alpha value is -0.810. The highest BCUT2D eigenvalue weighted by molar-refractivity contribution is 6.36. The highest BCUT2D eigenvalue weighted by Crippen LogP contribution is 2.34. The molecule has 2 rings (SSSR count). The Balaban J connectivity index is 2.42. The van der Waals surface area contributed by atoms with Gasteiger partial charge in [0.1, 0.15) is 6.04 Å². The van der Waals surface area contributed by atoms with Crippen molar-refractivity contribution in [3.63, 3.8) is 0 Å². The maximum absolute atomic E-state index is 12.6. The largest absolute Gasteiger partial charge is 0.347 e. The standard InChI is InChI=1S/C14H19Cl2N3O/c1-18(2)14(20)13(19-8-6-17-7-9-19)12-10(15)4-3-5-11(12)16/h3-5,13,17H,6-9H2,1-2H3. The third-order valence-electron chi connectivity index (χ3n) is 3.46. The molecule has 1 aromatic rings. The maximum atomic E-state index is 12.6. The summed E-state index contributed by atoms with van der Waals surface area (Å²) in [5.74, 6) is 0.00176. The van der Waals surface area contributed by atoms with E-state index in [4.69, 9.17) is 23.2 Å². The first-order valence-electron chi connectivity index (χ1n) is 6.62. The van der Waals surface area contributed by atoms with Crippen molar-refractivity contribution in [3.05, 3.63) is 33.8 Å². The van der Waals surface area contributed by atoms with E-state index < -0.39 is 6.04 Å². The topological polar surface area (TPSA) is 35.6 Å². The van der Waals surface area contributed by atoms with E-state index in [1.54, 1.807) is 37.2 Å². The van der Waals surface area contributed by atoms with Crippen LogP contribution in [0.25, 0.3) is 0 Å². The molecule has 1 amide bonds. The molecule has 0 spiro atoms. The lowest BCUT2D eigenvalue weighted by Crippen LogP contribution is -2.49. The normalized spacial score (nSPS) is 17.8. The molecule has 1 fully saturated rings. The van der Waals surface area contributed by atoms with Gasteiger partial charge in [-0.1, -0.05) is 29.3 Å². The summed E-state index contributed by atoms with van der Waals surface area (Å²) in [7, 11) is 3.50. The molecule has 110 valence electrons. The van der Waals surface area contributed by atoms with E-state index in [0.717, 1.165) is 26.2 Å². The highest BCUT2D eigenvalue weighted by Gasteiger charge is 2.32. The van der Waals surface area contributed by atoms with Gasteiger partial charge in [-0.3, -0.25) is 9.69 Å². The van der Waals surface area contributed by atoms with E-state index in [0.29, 0.717) is 15.6 Å². The number of rotatable bonds is 3. The van der Waals surface area contributed by atoms with Crippen molar-refractivity contribution in [1.29, 1.82) is 0 Å². The van der Waals surface area contributed by atoms with Crippen LogP contribution >= 0.6 is 23.2 Å². The van der Waals surface area contributed by atoms with Gasteiger partial charge < -0.3 is 10.2 Å². The number of amides is 1. The van der Waals surface area contributed by atoms with Gasteiger partial charge in [0.25, 0.3) is 0 Å². The summed E-state index contributed by atoms with van der Waals surface area (Å²) in [6.45, 7) is 3.32. The fraction of sp³-hybridized carbons (Fsp3) is 0.500. The van der Waals surface area contributed by atoms with Crippen LogP contribution in [0.3, 0.4) is 0 Å². The van der Waals surface area contributed by atoms with Gasteiger partial charge in [0.2, 0.25) is 5.91 Å². The third kappa shape index (κ3) is 3.26. The average Bonchev–Trinajstić information content (AvgIpc) is 2.43. The Morgan fingerprint density at radius 3 is 2.30 bits per heavy atom. The van der Waals surface area contributed by atoms with E-state index >= 15 is 0 Å². The number of benzene rings is 1. The van der Waals surface area contributed by atoms with E-state index in [-0.39, 0.29) is 5.91 Å². The fourth-order valence-corrected chi connectivity index (χ4v) is 3.02. The minimum absolute atomic E-state index is 0.00176. The van der Waals surface area contributed by atoms with Crippen molar-refractivity contribution in [2.45, 2.75) is 6.04 Å². The summed E-state index contributed by atoms with van der Waals surface area (Å²) >= 11 is 12.6. The summed E-state index contributed by atoms with van der Waals surface area (Å²) in [6.07, 6.45) is 0. The summed E-state index contributed by atoms with van der Waals surface area (Å²) in [4.78, 5) is 16.3. The molecule has 1 atom stereocenters. The fourth-order valence-electron chi connectivity index (χ4n) is 2.42. The van der Waals surface area contributed by atoms with Gasteiger partial charge in [-0.05, 0) is 12.1 Å². The molecule has 6 heteroatoms. The van der Waals surface area contributed by atoms with Gasteiger partial charge in [0.05, 0.1) is 0 Å². The second-order valence-electron chi connectivity index (χ2n) is 5.06. The van der Waals surface area contributed by atoms with Crippen LogP contribution in [0, 0.1) is 0 Å². The van der Waals surface area contributed by atoms with Gasteiger partial charge in [-0.15, -0.1) is 0 Å². The van der Waals surface area contributed by atoms with Crippen LogP contribution < -0.4 is 5.32 Å². The van der Waals surface area contributed by atoms with Crippen molar-refractivity contribution in [3.8, 4) is 0 Å². The van der Waals surface area contributed by atoms with Crippen LogP contribution in [0.4, 0.5) is 0 Å². The predicted octanol–water partition coefficient (Wildman–Crippen LogP) is 2.03. The lowest BCUT2D eigenvalue weighted by atomic mass is 10.0. The first kappa shape index (κ1) is 15.6. The van der Waals surface area contributed by atoms with Crippen molar-refractivity contribution in [2.24, 2.45) is 0 Å². The van der Waals surface area contributed by atoms with Crippen molar-refractivity contribution in [1.82, 2.24) is 15.1 Å². The number of hydrogen-bond acceptors (Lipinski definition) is 3. The van der Waals surface area contributed by atoms with Gasteiger partial charge >= 0.3 is 0 Å². The Morgan fingerprint density at radius 2 is 1.80 bits per heavy atom. The number of carbonyl (C=O) groups is 1. The zero-order chi connectivity index (χ0) is 14.7. The monoisotopic (exact) mass is 315 g/mol. The highest BCUT2D eigenvalue weighted by atomic mass is 35.5. The molecule has 1 saturated heterocycles. The van der Waals surface area contributed by atoms with Crippen LogP contribution in [0.5, 0.6) is 0 Å². The summed E-state index contributed by atoms with van der Waals surface area (Å²) in [6, 6.07) is 4.93. The Bertz CT molecular complexity index is 467. The SMILES string of the molecule is CN(C)C(=O)C(c1c(Cl)cccc1Cl)N1CCNCC1. The number of halogens is 2. The van der Waals surface area contributed by atoms with Gasteiger partial charge in [-0.2, -0.15) is 0 Å². The lowest BCUT2D eigenvalue weighted by molar-refractivity contribution is -0.135. The molecule has 1 aromatic carbocycles. The first-order chi connectivity index (χ1) is 9.52. The number of nitrogens with zero attached hydrogens (tertiary/aromatic N) is 2. The van der Waals surface area contributed by atoms with E-state index in [1.807, 2.05) is 0 Å². The molecule has 0 aliphatic carbocycles. The maximum Gasteiger partial charge on any atom is 0.244 e. The van der Waals surface area contributed by atoms with E-state index in [2.05, 4.69) is 10.2 Å². The van der Waals surface area contributed by atoms with Gasteiger partial charge in [-0.25, -0.2) is 0 Å². The zero-order valence-electron chi connectivity index (χ0n) is 11.7. The third-order valence-corrected chi connectivity index (χ3v) is 4.12. The minimum Gasteiger partial charge on any atom is -0.347 e. The molecule has 0 saturated carbocycles. The van der Waals surface area contributed by atoms with Crippen LogP contribution in [-0.4, -0.2) is 56.0 Å². The molecule has 1 N–H and O–H groups in total. The average molecular weight is 316 g/mol. The summed E-state index contributed by atoms with van der Waals surface area (Å²) in [5, 5.41) is 4.36. The Labute approximate surface area is 129 Å². The Morgan fingerprint density at radius 1 is 1.25 bits per heavy atom. The molecule has 20 heavy (non-hydrogen) atoms. The molecule has 0 bridgehead atoms. The summed E-state index contributed by atoms with van der Waals surface area (Å²) in [5.41, 5.74) is 0.705. The minimum atomic E-state index is -0.423. The molecule has 1 aliphatic heterocycles. The van der Waals surface area contributed by atoms with Crippen molar-refractivity contribution < 1.29 is 4.79 Å². The predicted molar refractivity (Wildman–Crippen MR) is 82.3 cm³/mol. The summed E-state index contributed by atoms with van der Waals surface area (Å²) < 4.78 is 0. The molecule has 4 nitrogen and oxygen atoms in total. The quantitative estimate of drug-likeness (QED) is 0.927. The van der Waals surface area contributed by atoms with E-state index in [1.165, 1.54) is 0 Å². The van der Waals surface area contributed by atoms with Crippen molar-refractivity contribution >= 4 is 29.1 Å². The zero-order valence-corrected chi connectivity index (χ0v) is 13.2. The number of piperazine rings is 1. The van der Waals surface area contributed by atoms with Gasteiger partial charge in [0, 0.05) is 55.9 Å². The number of likely N-dealkylation sites (N-methyl/N-ethyl adjacent to an activating group) is 1. The molecule has 1 heterocycles. The Kier molecular flexibility index (Phi) is 5.27. The van der Waals surface area contributed by atoms with Crippen LogP contribution in [0.2, 0.25) is 10.0 Å². The molecule has 0 aromatic heterocycles.